The van der Waals surface area contributed by atoms with E-state index in [0.717, 1.165) is 22.6 Å². The summed E-state index contributed by atoms with van der Waals surface area (Å²) in [6, 6.07) is 20.8. The van der Waals surface area contributed by atoms with Crippen LogP contribution in [0.4, 0.5) is 11.5 Å². The Hall–Kier alpha value is -3.67. The Morgan fingerprint density at radius 1 is 1.03 bits per heavy atom. The van der Waals surface area contributed by atoms with E-state index in [2.05, 4.69) is 10.3 Å². The lowest BCUT2D eigenvalue weighted by Gasteiger charge is -2.17. The fourth-order valence-corrected chi connectivity index (χ4v) is 3.39. The van der Waals surface area contributed by atoms with Gasteiger partial charge in [-0.3, -0.25) is 9.59 Å². The van der Waals surface area contributed by atoms with Crippen LogP contribution in [0.1, 0.15) is 6.42 Å². The molecule has 0 spiro atoms. The predicted octanol–water partition coefficient (Wildman–Crippen LogP) is 3.75. The molecule has 1 saturated heterocycles. The first-order valence-corrected chi connectivity index (χ1v) is 9.41. The maximum Gasteiger partial charge on any atom is 0.230 e. The molecule has 0 saturated carbocycles. The maximum atomic E-state index is 12.6. The quantitative estimate of drug-likeness (QED) is 0.724. The van der Waals surface area contributed by atoms with Gasteiger partial charge in [0.25, 0.3) is 0 Å². The number of nitrogens with one attached hydrogen (secondary N) is 1. The number of hydrogen-bond acceptors (Lipinski definition) is 4. The third kappa shape index (κ3) is 4.11. The Balaban J connectivity index is 1.40. The summed E-state index contributed by atoms with van der Waals surface area (Å²) in [5.41, 5.74) is 2.80. The fraction of sp³-hybridized carbons (Fsp3) is 0.174. The second-order valence-corrected chi connectivity index (χ2v) is 6.89. The molecule has 0 bridgehead atoms. The number of carbonyl (C=O) groups excluding carboxylic acids is 2. The van der Waals surface area contributed by atoms with E-state index in [1.165, 1.54) is 0 Å². The molecule has 6 nitrogen and oxygen atoms in total. The molecule has 1 aromatic heterocycles. The van der Waals surface area contributed by atoms with Crippen molar-refractivity contribution >= 4 is 23.3 Å². The van der Waals surface area contributed by atoms with Crippen LogP contribution < -0.4 is 15.0 Å². The molecule has 1 N–H and O–H groups in total. The Morgan fingerprint density at radius 2 is 1.79 bits per heavy atom. The van der Waals surface area contributed by atoms with Crippen LogP contribution in [0.2, 0.25) is 0 Å². The number of aromatic nitrogens is 1. The van der Waals surface area contributed by atoms with Gasteiger partial charge >= 0.3 is 0 Å². The van der Waals surface area contributed by atoms with E-state index in [-0.39, 0.29) is 18.2 Å². The van der Waals surface area contributed by atoms with Crippen LogP contribution in [0.3, 0.4) is 0 Å². The largest absolute Gasteiger partial charge is 0.497 e. The molecular weight excluding hydrogens is 366 g/mol. The summed E-state index contributed by atoms with van der Waals surface area (Å²) in [7, 11) is 1.59. The number of methoxy groups -OCH3 is 1. The lowest BCUT2D eigenvalue weighted by molar-refractivity contribution is -0.122. The smallest absolute Gasteiger partial charge is 0.230 e. The van der Waals surface area contributed by atoms with E-state index < -0.39 is 5.92 Å². The van der Waals surface area contributed by atoms with Gasteiger partial charge in [-0.15, -0.1) is 0 Å². The van der Waals surface area contributed by atoms with Gasteiger partial charge in [-0.25, -0.2) is 4.98 Å². The zero-order chi connectivity index (χ0) is 20.2. The molecule has 0 radical (unpaired) electrons. The number of rotatable bonds is 5. The molecule has 3 aromatic rings. The molecule has 2 heterocycles. The topological polar surface area (TPSA) is 71.5 Å². The average molecular weight is 387 g/mol. The van der Waals surface area contributed by atoms with E-state index in [1.807, 2.05) is 48.5 Å². The van der Waals surface area contributed by atoms with Gasteiger partial charge in [-0.2, -0.15) is 0 Å². The average Bonchev–Trinajstić information content (AvgIpc) is 3.17. The molecule has 2 aromatic carbocycles. The van der Waals surface area contributed by atoms with Crippen LogP contribution in [0.25, 0.3) is 11.1 Å². The highest BCUT2D eigenvalue weighted by atomic mass is 16.5. The number of carbonyl (C=O) groups is 2. The molecule has 1 aliphatic rings. The number of anilines is 2. The van der Waals surface area contributed by atoms with Crippen molar-refractivity contribution in [3.8, 4) is 16.9 Å². The molecule has 1 unspecified atom stereocenters. The molecule has 1 aliphatic heterocycles. The predicted molar refractivity (Wildman–Crippen MR) is 112 cm³/mol. The second-order valence-electron chi connectivity index (χ2n) is 6.89. The van der Waals surface area contributed by atoms with Crippen molar-refractivity contribution in [2.75, 3.05) is 23.9 Å². The molecule has 2 amide bonds. The first kappa shape index (κ1) is 18.7. The van der Waals surface area contributed by atoms with Crippen molar-refractivity contribution in [1.82, 2.24) is 4.98 Å². The number of nitrogens with zero attached hydrogens (tertiary/aromatic N) is 2. The van der Waals surface area contributed by atoms with Crippen molar-refractivity contribution in [3.05, 3.63) is 72.9 Å². The molecule has 1 atom stereocenters. The normalized spacial score (nSPS) is 16.0. The zero-order valence-electron chi connectivity index (χ0n) is 16.0. The van der Waals surface area contributed by atoms with Crippen molar-refractivity contribution in [3.63, 3.8) is 0 Å². The van der Waals surface area contributed by atoms with Gasteiger partial charge < -0.3 is 15.0 Å². The van der Waals surface area contributed by atoms with E-state index in [0.29, 0.717) is 12.4 Å². The van der Waals surface area contributed by atoms with Crippen molar-refractivity contribution in [1.29, 1.82) is 0 Å². The third-order valence-corrected chi connectivity index (χ3v) is 5.00. The van der Waals surface area contributed by atoms with Gasteiger partial charge in [0, 0.05) is 30.4 Å². The Bertz CT molecular complexity index is 1000. The van der Waals surface area contributed by atoms with E-state index in [4.69, 9.17) is 4.74 Å². The van der Waals surface area contributed by atoms with E-state index in [9.17, 15) is 9.59 Å². The first-order chi connectivity index (χ1) is 14.1. The zero-order valence-corrected chi connectivity index (χ0v) is 16.0. The second kappa shape index (κ2) is 8.14. The summed E-state index contributed by atoms with van der Waals surface area (Å²) in [6.45, 7) is 0.346. The van der Waals surface area contributed by atoms with Gasteiger partial charge in [-0.05, 0) is 42.0 Å². The Kier molecular flexibility index (Phi) is 5.24. The van der Waals surface area contributed by atoms with Gasteiger partial charge in [0.1, 0.15) is 11.6 Å². The minimum atomic E-state index is -0.416. The number of ether oxygens (including phenoxy) is 1. The number of hydrogen-bond donors (Lipinski definition) is 1. The summed E-state index contributed by atoms with van der Waals surface area (Å²) in [4.78, 5) is 31.0. The molecule has 146 valence electrons. The van der Waals surface area contributed by atoms with Crippen LogP contribution in [-0.4, -0.2) is 30.5 Å². The van der Waals surface area contributed by atoms with E-state index in [1.54, 1.807) is 36.4 Å². The van der Waals surface area contributed by atoms with Crippen LogP contribution in [0, 0.1) is 5.92 Å². The minimum absolute atomic E-state index is 0.0669. The third-order valence-electron chi connectivity index (χ3n) is 5.00. The van der Waals surface area contributed by atoms with Gasteiger partial charge in [-0.1, -0.05) is 30.3 Å². The summed E-state index contributed by atoms with van der Waals surface area (Å²) >= 11 is 0. The van der Waals surface area contributed by atoms with E-state index >= 15 is 0 Å². The highest BCUT2D eigenvalue weighted by molar-refractivity contribution is 6.03. The van der Waals surface area contributed by atoms with Crippen LogP contribution >= 0.6 is 0 Å². The van der Waals surface area contributed by atoms with Gasteiger partial charge in [0.2, 0.25) is 11.8 Å². The lowest BCUT2D eigenvalue weighted by Crippen LogP contribution is -2.28. The van der Waals surface area contributed by atoms with Crippen LogP contribution in [0.15, 0.2) is 72.9 Å². The molecular formula is C23H21N3O3. The summed E-state index contributed by atoms with van der Waals surface area (Å²) in [5.74, 6) is 0.516. The molecule has 4 rings (SSSR count). The Labute approximate surface area is 169 Å². The number of benzene rings is 2. The standard InChI is InChI=1S/C23H21N3O3/c1-29-20-10-8-19(9-11-20)26-15-18(13-22(26)27)23(28)25-21-12-7-17(14-24-21)16-5-3-2-4-6-16/h2-12,14,18H,13,15H2,1H3,(H,24,25,28). The van der Waals surface area contributed by atoms with Gasteiger partial charge in [0.15, 0.2) is 0 Å². The Morgan fingerprint density at radius 3 is 2.45 bits per heavy atom. The van der Waals surface area contributed by atoms with Crippen LogP contribution in [0.5, 0.6) is 5.75 Å². The highest BCUT2D eigenvalue weighted by Gasteiger charge is 2.35. The minimum Gasteiger partial charge on any atom is -0.497 e. The summed E-state index contributed by atoms with van der Waals surface area (Å²) in [6.07, 6.45) is 1.91. The first-order valence-electron chi connectivity index (χ1n) is 9.41. The SMILES string of the molecule is COc1ccc(N2CC(C(=O)Nc3ccc(-c4ccccc4)cn3)CC2=O)cc1. The molecule has 0 aliphatic carbocycles. The molecule has 1 fully saturated rings. The number of amides is 2. The molecule has 6 heteroatoms. The molecule has 29 heavy (non-hydrogen) atoms. The van der Waals surface area contributed by atoms with Crippen LogP contribution in [-0.2, 0) is 9.59 Å². The van der Waals surface area contributed by atoms with Crippen molar-refractivity contribution < 1.29 is 14.3 Å². The lowest BCUT2D eigenvalue weighted by atomic mass is 10.1. The monoisotopic (exact) mass is 387 g/mol. The maximum absolute atomic E-state index is 12.6. The summed E-state index contributed by atoms with van der Waals surface area (Å²) in [5, 5.41) is 2.82. The van der Waals surface area contributed by atoms with Crippen molar-refractivity contribution in [2.45, 2.75) is 6.42 Å². The van der Waals surface area contributed by atoms with Crippen molar-refractivity contribution in [2.24, 2.45) is 5.92 Å². The van der Waals surface area contributed by atoms with Gasteiger partial charge in [0.05, 0.1) is 13.0 Å². The highest BCUT2D eigenvalue weighted by Crippen LogP contribution is 2.27. The number of pyridine rings is 1. The summed E-state index contributed by atoms with van der Waals surface area (Å²) < 4.78 is 5.15. The fourth-order valence-electron chi connectivity index (χ4n) is 3.39.